The van der Waals surface area contributed by atoms with E-state index in [0.29, 0.717) is 6.42 Å². The Morgan fingerprint density at radius 1 is 1.47 bits per heavy atom. The van der Waals surface area contributed by atoms with Crippen LogP contribution in [0.15, 0.2) is 18.2 Å². The number of fused-ring (bicyclic) bond motifs is 1. The Labute approximate surface area is 114 Å². The predicted octanol–water partition coefficient (Wildman–Crippen LogP) is 1.96. The molecule has 0 spiro atoms. The van der Waals surface area contributed by atoms with E-state index in [4.69, 9.17) is 5.73 Å². The molecule has 2 rings (SSSR count). The average molecular weight is 261 g/mol. The van der Waals surface area contributed by atoms with Gasteiger partial charge in [0.2, 0.25) is 5.91 Å². The normalized spacial score (nSPS) is 16.1. The summed E-state index contributed by atoms with van der Waals surface area (Å²) in [6.07, 6.45) is 2.43. The molecule has 4 heteroatoms. The van der Waals surface area contributed by atoms with Gasteiger partial charge >= 0.3 is 0 Å². The van der Waals surface area contributed by atoms with Crippen LogP contribution in [0.4, 0.5) is 5.69 Å². The van der Waals surface area contributed by atoms with Gasteiger partial charge in [0.1, 0.15) is 0 Å². The van der Waals surface area contributed by atoms with Gasteiger partial charge in [-0.2, -0.15) is 0 Å². The number of carbonyl (C=O) groups is 1. The highest BCUT2D eigenvalue weighted by molar-refractivity contribution is 5.99. The van der Waals surface area contributed by atoms with E-state index in [9.17, 15) is 4.79 Å². The van der Waals surface area contributed by atoms with Crippen molar-refractivity contribution < 1.29 is 4.79 Å². The van der Waals surface area contributed by atoms with Crippen molar-refractivity contribution >= 4 is 11.6 Å². The maximum absolute atomic E-state index is 11.4. The molecule has 0 aromatic heterocycles. The third-order valence-electron chi connectivity index (χ3n) is 3.58. The van der Waals surface area contributed by atoms with Crippen LogP contribution in [0.1, 0.15) is 43.9 Å². The molecular formula is C15H23N3O. The molecule has 1 amide bonds. The average Bonchev–Trinajstić information content (AvgIpc) is 2.67. The molecule has 1 aromatic carbocycles. The van der Waals surface area contributed by atoms with Crippen LogP contribution in [0, 0.1) is 0 Å². The molecule has 1 aromatic rings. The Morgan fingerprint density at radius 2 is 2.21 bits per heavy atom. The fraction of sp³-hybridized carbons (Fsp3) is 0.533. The first-order valence-electron chi connectivity index (χ1n) is 6.78. The lowest BCUT2D eigenvalue weighted by molar-refractivity contribution is -0.115. The molecule has 1 unspecified atom stereocenters. The number of hydrogen-bond donors (Lipinski definition) is 3. The third kappa shape index (κ3) is 3.55. The molecule has 4 nitrogen and oxygen atoms in total. The van der Waals surface area contributed by atoms with Gasteiger partial charge < -0.3 is 16.4 Å². The van der Waals surface area contributed by atoms with Gasteiger partial charge in [-0.05, 0) is 50.9 Å². The van der Waals surface area contributed by atoms with Crippen LogP contribution >= 0.6 is 0 Å². The van der Waals surface area contributed by atoms with E-state index in [2.05, 4.69) is 22.8 Å². The van der Waals surface area contributed by atoms with Crippen LogP contribution in [0.2, 0.25) is 0 Å². The molecule has 0 radical (unpaired) electrons. The monoisotopic (exact) mass is 261 g/mol. The first kappa shape index (κ1) is 14.0. The van der Waals surface area contributed by atoms with E-state index in [1.807, 2.05) is 27.0 Å². The van der Waals surface area contributed by atoms with Gasteiger partial charge in [-0.1, -0.05) is 12.1 Å². The first-order chi connectivity index (χ1) is 8.89. The third-order valence-corrected chi connectivity index (χ3v) is 3.58. The molecular weight excluding hydrogens is 238 g/mol. The summed E-state index contributed by atoms with van der Waals surface area (Å²) in [6, 6.07) is 6.48. The van der Waals surface area contributed by atoms with Crippen molar-refractivity contribution in [3.63, 3.8) is 0 Å². The highest BCUT2D eigenvalue weighted by atomic mass is 16.1. The van der Waals surface area contributed by atoms with Crippen LogP contribution in [0.25, 0.3) is 0 Å². The fourth-order valence-electron chi connectivity index (χ4n) is 2.46. The van der Waals surface area contributed by atoms with Crippen LogP contribution < -0.4 is 16.4 Å². The quantitative estimate of drug-likeness (QED) is 0.759. The second-order valence-electron chi connectivity index (χ2n) is 6.01. The highest BCUT2D eigenvalue weighted by Crippen LogP contribution is 2.28. The molecule has 0 fully saturated rings. The summed E-state index contributed by atoms with van der Waals surface area (Å²) in [4.78, 5) is 11.4. The SMILES string of the molecule is CNC(CCC(C)(C)N)c1ccc2c(c1)CC(=O)N2. The number of carbonyl (C=O) groups excluding carboxylic acids is 1. The maximum atomic E-state index is 11.4. The summed E-state index contributed by atoms with van der Waals surface area (Å²) in [5.74, 6) is 0.0799. The molecule has 1 atom stereocenters. The van der Waals surface area contributed by atoms with Crippen LogP contribution in [-0.2, 0) is 11.2 Å². The molecule has 4 N–H and O–H groups in total. The van der Waals surface area contributed by atoms with Crippen LogP contribution in [-0.4, -0.2) is 18.5 Å². The number of hydrogen-bond acceptors (Lipinski definition) is 3. The molecule has 0 saturated heterocycles. The zero-order valence-corrected chi connectivity index (χ0v) is 11.9. The van der Waals surface area contributed by atoms with Crippen molar-refractivity contribution in [1.29, 1.82) is 0 Å². The van der Waals surface area contributed by atoms with Crippen molar-refractivity contribution in [2.24, 2.45) is 5.73 Å². The molecule has 1 aliphatic rings. The van der Waals surface area contributed by atoms with Gasteiger partial charge in [0, 0.05) is 17.3 Å². The summed E-state index contributed by atoms with van der Waals surface area (Å²) in [6.45, 7) is 4.09. The van der Waals surface area contributed by atoms with E-state index in [0.717, 1.165) is 24.1 Å². The summed E-state index contributed by atoms with van der Waals surface area (Å²) in [5.41, 5.74) is 9.16. The maximum Gasteiger partial charge on any atom is 0.228 e. The lowest BCUT2D eigenvalue weighted by Crippen LogP contribution is -2.33. The van der Waals surface area contributed by atoms with Gasteiger partial charge in [0.25, 0.3) is 0 Å². The van der Waals surface area contributed by atoms with Gasteiger partial charge in [0.05, 0.1) is 6.42 Å². The lowest BCUT2D eigenvalue weighted by atomic mass is 9.92. The minimum Gasteiger partial charge on any atom is -0.326 e. The first-order valence-corrected chi connectivity index (χ1v) is 6.78. The molecule has 0 aliphatic carbocycles. The molecule has 1 heterocycles. The standard InChI is InChI=1S/C15H23N3O/c1-15(2,16)7-6-12(17-3)10-4-5-13-11(8-10)9-14(19)18-13/h4-5,8,12,17H,6-7,9,16H2,1-3H3,(H,18,19). The van der Waals surface area contributed by atoms with E-state index < -0.39 is 0 Å². The molecule has 1 aliphatic heterocycles. The molecule has 0 saturated carbocycles. The van der Waals surface area contributed by atoms with Crippen LogP contribution in [0.5, 0.6) is 0 Å². The zero-order chi connectivity index (χ0) is 14.0. The Bertz CT molecular complexity index is 477. The minimum atomic E-state index is -0.149. The second kappa shape index (κ2) is 5.31. The Hall–Kier alpha value is -1.39. The lowest BCUT2D eigenvalue weighted by Gasteiger charge is -2.23. The number of anilines is 1. The fourth-order valence-corrected chi connectivity index (χ4v) is 2.46. The number of benzene rings is 1. The van der Waals surface area contributed by atoms with E-state index in [1.54, 1.807) is 0 Å². The number of nitrogens with one attached hydrogen (secondary N) is 2. The van der Waals surface area contributed by atoms with Crippen LogP contribution in [0.3, 0.4) is 0 Å². The molecule has 0 bridgehead atoms. The topological polar surface area (TPSA) is 67.1 Å². The van der Waals surface area contributed by atoms with Gasteiger partial charge in [0.15, 0.2) is 0 Å². The largest absolute Gasteiger partial charge is 0.326 e. The molecule has 19 heavy (non-hydrogen) atoms. The summed E-state index contributed by atoms with van der Waals surface area (Å²) < 4.78 is 0. The van der Waals surface area contributed by atoms with E-state index in [1.165, 1.54) is 5.56 Å². The number of nitrogens with two attached hydrogens (primary N) is 1. The summed E-state index contributed by atoms with van der Waals surface area (Å²) >= 11 is 0. The Morgan fingerprint density at radius 3 is 2.84 bits per heavy atom. The molecule has 104 valence electrons. The van der Waals surface area contributed by atoms with Gasteiger partial charge in [-0.15, -0.1) is 0 Å². The smallest absolute Gasteiger partial charge is 0.228 e. The predicted molar refractivity (Wildman–Crippen MR) is 78.1 cm³/mol. The van der Waals surface area contributed by atoms with Crippen molar-refractivity contribution in [3.05, 3.63) is 29.3 Å². The zero-order valence-electron chi connectivity index (χ0n) is 11.9. The Balaban J connectivity index is 2.11. The van der Waals surface area contributed by atoms with Crippen molar-refractivity contribution in [1.82, 2.24) is 5.32 Å². The van der Waals surface area contributed by atoms with Crippen molar-refractivity contribution in [2.75, 3.05) is 12.4 Å². The minimum absolute atomic E-state index is 0.0799. The highest BCUT2D eigenvalue weighted by Gasteiger charge is 2.20. The van der Waals surface area contributed by atoms with E-state index >= 15 is 0 Å². The Kier molecular flexibility index (Phi) is 3.92. The summed E-state index contributed by atoms with van der Waals surface area (Å²) in [5, 5.41) is 6.19. The second-order valence-corrected chi connectivity index (χ2v) is 6.01. The van der Waals surface area contributed by atoms with E-state index in [-0.39, 0.29) is 17.5 Å². The van der Waals surface area contributed by atoms with Gasteiger partial charge in [-0.25, -0.2) is 0 Å². The number of rotatable bonds is 5. The number of amides is 1. The summed E-state index contributed by atoms with van der Waals surface area (Å²) in [7, 11) is 1.96. The van der Waals surface area contributed by atoms with Gasteiger partial charge in [-0.3, -0.25) is 4.79 Å². The van der Waals surface area contributed by atoms with Crippen molar-refractivity contribution in [3.8, 4) is 0 Å². The van der Waals surface area contributed by atoms with Crippen molar-refractivity contribution in [2.45, 2.75) is 44.7 Å².